The summed E-state index contributed by atoms with van der Waals surface area (Å²) in [6.45, 7) is 6.36. The van der Waals surface area contributed by atoms with Crippen LogP contribution in [-0.4, -0.2) is 210 Å². The van der Waals surface area contributed by atoms with E-state index in [2.05, 4.69) is 75.3 Å². The van der Waals surface area contributed by atoms with E-state index < -0.39 is 119 Å². The summed E-state index contributed by atoms with van der Waals surface area (Å²) in [5, 5.41) is 30.0. The molecule has 19 N–H and O–H groups in total. The number of H-pyrrole nitrogens is 1. The normalized spacial score (nSPS) is 15.9. The van der Waals surface area contributed by atoms with Gasteiger partial charge in [0.1, 0.15) is 61.1 Å². The number of amides is 12. The number of aromatic nitrogens is 1. The SMILES string of the molecule is CCCCCCCCCCCC(=O)NCCCNC(=O)/C=N/NCC(=O)NCCC[C@H](NC(=O)[C@H](Cc1ccccc1)NC(=O)[C@@H](Cc1c[nH]c2ccccc12)NC(=O)[C@H](CCCN=C(N)N)NC(=O)[C@@H](Cc1ccccc1)NC(=O)[C@@H]1CCCN1C(=O)[C@@H](N)CCSC)C(=O)N1CCC[C@H]1C(=O)N[C@H](C(N)=O)C(C)C. The molecule has 31 nitrogen and oxygen atoms in total. The van der Waals surface area contributed by atoms with Crippen LogP contribution in [0, 0.1) is 5.92 Å². The second-order valence-electron chi connectivity index (χ2n) is 28.8. The van der Waals surface area contributed by atoms with Crippen molar-refractivity contribution in [2.45, 2.75) is 223 Å². The molecule has 2 aliphatic heterocycles. The van der Waals surface area contributed by atoms with Crippen molar-refractivity contribution in [1.29, 1.82) is 0 Å². The zero-order valence-electron chi connectivity index (χ0n) is 64.8. The molecule has 0 bridgehead atoms. The number of primary amides is 1. The van der Waals surface area contributed by atoms with E-state index in [0.717, 1.165) is 25.5 Å². The van der Waals surface area contributed by atoms with E-state index in [1.807, 2.05) is 24.5 Å². The molecule has 608 valence electrons. The van der Waals surface area contributed by atoms with E-state index in [9.17, 15) is 38.4 Å². The number of nitrogens with zero attached hydrogens (tertiary/aromatic N) is 4. The number of carbonyl (C=O) groups excluding carboxylic acids is 12. The lowest BCUT2D eigenvalue weighted by molar-refractivity contribution is -0.142. The number of para-hydroxylation sites is 1. The van der Waals surface area contributed by atoms with Gasteiger partial charge in [-0.1, -0.05) is 151 Å². The molecule has 3 heterocycles. The maximum Gasteiger partial charge on any atom is 0.264 e. The smallest absolute Gasteiger partial charge is 0.264 e. The number of guanidine groups is 1. The minimum Gasteiger partial charge on any atom is -0.370 e. The van der Waals surface area contributed by atoms with Gasteiger partial charge in [0.2, 0.25) is 65.0 Å². The number of thioether (sulfide) groups is 1. The summed E-state index contributed by atoms with van der Waals surface area (Å²) in [6.07, 6.45) is 17.5. The minimum absolute atomic E-state index is 0.0218. The third-order valence-corrected chi connectivity index (χ3v) is 20.3. The van der Waals surface area contributed by atoms with Crippen LogP contribution in [0.1, 0.15) is 166 Å². The Morgan fingerprint density at radius 1 is 0.559 bits per heavy atom. The number of aliphatic imine (C=N–C) groups is 1. The summed E-state index contributed by atoms with van der Waals surface area (Å²) in [7, 11) is 0. The van der Waals surface area contributed by atoms with E-state index in [1.54, 1.807) is 98.5 Å². The van der Waals surface area contributed by atoms with Crippen LogP contribution in [0.2, 0.25) is 0 Å². The highest BCUT2D eigenvalue weighted by molar-refractivity contribution is 7.98. The molecule has 111 heavy (non-hydrogen) atoms. The van der Waals surface area contributed by atoms with Gasteiger partial charge in [-0.2, -0.15) is 16.9 Å². The molecule has 2 fully saturated rings. The van der Waals surface area contributed by atoms with Crippen LogP contribution in [0.25, 0.3) is 10.9 Å². The lowest BCUT2D eigenvalue weighted by Crippen LogP contribution is -2.61. The van der Waals surface area contributed by atoms with Crippen LogP contribution in [0.5, 0.6) is 0 Å². The molecule has 6 rings (SSSR count). The van der Waals surface area contributed by atoms with E-state index in [4.69, 9.17) is 22.9 Å². The van der Waals surface area contributed by atoms with Crippen LogP contribution >= 0.6 is 11.8 Å². The monoisotopic (exact) mass is 1560 g/mol. The van der Waals surface area contributed by atoms with Gasteiger partial charge >= 0.3 is 0 Å². The molecule has 0 spiro atoms. The number of nitrogens with one attached hydrogen (secondary N) is 11. The largest absolute Gasteiger partial charge is 0.370 e. The summed E-state index contributed by atoms with van der Waals surface area (Å²) < 4.78 is 0. The van der Waals surface area contributed by atoms with E-state index in [1.165, 1.54) is 48.3 Å². The Kier molecular flexibility index (Phi) is 39.8. The van der Waals surface area contributed by atoms with Crippen LogP contribution in [0.15, 0.2) is 101 Å². The Bertz CT molecular complexity index is 3710. The topological polar surface area (TPSA) is 476 Å². The molecule has 9 atom stereocenters. The number of hydrogen-bond acceptors (Lipinski definition) is 17. The van der Waals surface area contributed by atoms with E-state index >= 15 is 19.2 Å². The molecule has 32 heteroatoms. The van der Waals surface area contributed by atoms with Gasteiger partial charge in [0.25, 0.3) is 5.91 Å². The van der Waals surface area contributed by atoms with Crippen molar-refractivity contribution in [3.8, 4) is 0 Å². The number of unbranched alkanes of at least 4 members (excludes halogenated alkanes) is 8. The number of nitrogens with two attached hydrogens (primary N) is 4. The summed E-state index contributed by atoms with van der Waals surface area (Å²) in [5.41, 5.74) is 28.5. The van der Waals surface area contributed by atoms with Crippen LogP contribution in [0.3, 0.4) is 0 Å². The Morgan fingerprint density at radius 2 is 1.07 bits per heavy atom. The molecule has 2 aliphatic rings. The first kappa shape index (κ1) is 89.8. The summed E-state index contributed by atoms with van der Waals surface area (Å²) in [5.74, 6) is -7.33. The van der Waals surface area contributed by atoms with Crippen LogP contribution < -0.4 is 76.2 Å². The van der Waals surface area contributed by atoms with E-state index in [-0.39, 0.29) is 102 Å². The lowest BCUT2D eigenvalue weighted by atomic mass is 10.0. The Balaban J connectivity index is 1.20. The van der Waals surface area contributed by atoms with Gasteiger partial charge in [-0.05, 0) is 111 Å². The zero-order chi connectivity index (χ0) is 80.5. The number of aromatic amines is 1. The first-order valence-electron chi connectivity index (χ1n) is 39.2. The molecule has 0 aliphatic carbocycles. The average molecular weight is 1560 g/mol. The third-order valence-electron chi connectivity index (χ3n) is 19.6. The standard InChI is InChI=1S/C79H119N19O12S/c1-5-6-7-8-9-10-11-12-19-37-66(99)84-41-26-42-86-68(101)51-90-89-50-67(100)85-39-23-34-60(78(110)98-44-25-36-65(98)76(108)96-69(52(2)3)70(81)102)92-73(105)61(46-53-27-15-13-16-28-53)93-74(106)63(48-55-49-88-58-32-21-20-31-56(55)58)94-71(103)59(33-22-40-87-79(82)83)91-72(104)62(47-54-29-17-14-18-30-54)95-75(107)64-35-24-43-97(64)77(109)57(80)38-45-111-4/h13-18,20-21,27-32,49,51-52,57,59-65,69,88-89H,5-12,19,22-26,33-48,50,80H2,1-4H3,(H2,81,102)(H,84,99)(H,85,100)(H,86,101)(H,91,104)(H,92,105)(H,93,106)(H,94,103)(H,95,107)(H,96,108)(H4,82,83,87)/b90-51+/t57-,59-,60-,61-,62+,63+,64-,65-,69-/m0/s1. The molecule has 0 radical (unpaired) electrons. The number of hydrazone groups is 1. The predicted molar refractivity (Wildman–Crippen MR) is 429 cm³/mol. The quantitative estimate of drug-likeness (QED) is 0.0131. The highest BCUT2D eigenvalue weighted by Gasteiger charge is 2.42. The number of benzene rings is 3. The second-order valence-corrected chi connectivity index (χ2v) is 29.7. The number of hydrogen-bond donors (Lipinski definition) is 15. The molecule has 0 saturated carbocycles. The van der Waals surface area contributed by atoms with E-state index in [0.29, 0.717) is 85.0 Å². The first-order chi connectivity index (χ1) is 53.5. The highest BCUT2D eigenvalue weighted by Crippen LogP contribution is 2.24. The number of carbonyl (C=O) groups is 12. The molecule has 1 aromatic heterocycles. The minimum atomic E-state index is -1.49. The fourth-order valence-electron chi connectivity index (χ4n) is 13.5. The van der Waals surface area contributed by atoms with Crippen molar-refractivity contribution in [3.05, 3.63) is 108 Å². The summed E-state index contributed by atoms with van der Waals surface area (Å²) in [6, 6.07) is 14.0. The summed E-state index contributed by atoms with van der Waals surface area (Å²) >= 11 is 1.54. The van der Waals surface area contributed by atoms with Crippen molar-refractivity contribution in [2.24, 2.45) is 38.9 Å². The molecule has 0 unspecified atom stereocenters. The molecule has 2 saturated heterocycles. The number of fused-ring (bicyclic) bond motifs is 1. The number of rotatable bonds is 51. The van der Waals surface area contributed by atoms with Gasteiger partial charge in [0.05, 0.1) is 6.04 Å². The molecular weight excluding hydrogens is 1440 g/mol. The third kappa shape index (κ3) is 31.7. The summed E-state index contributed by atoms with van der Waals surface area (Å²) in [4.78, 5) is 179. The van der Waals surface area contributed by atoms with Crippen molar-refractivity contribution >= 4 is 106 Å². The van der Waals surface area contributed by atoms with Gasteiger partial charge in [-0.25, -0.2) is 0 Å². The maximum atomic E-state index is 15.5. The lowest BCUT2D eigenvalue weighted by Gasteiger charge is -2.31. The molecule has 12 amide bonds. The Hall–Kier alpha value is -10.1. The fraction of sp³-hybridized carbons (Fsp3) is 0.570. The zero-order valence-corrected chi connectivity index (χ0v) is 65.7. The molecule has 3 aromatic carbocycles. The van der Waals surface area contributed by atoms with Gasteiger partial charge in [-0.3, -0.25) is 62.5 Å². The second kappa shape index (κ2) is 49.2. The van der Waals surface area contributed by atoms with Gasteiger partial charge < -0.3 is 91.0 Å². The fourth-order valence-corrected chi connectivity index (χ4v) is 14.0. The van der Waals surface area contributed by atoms with Gasteiger partial charge in [0.15, 0.2) is 5.96 Å². The van der Waals surface area contributed by atoms with Crippen molar-refractivity contribution in [2.75, 3.05) is 57.8 Å². The molecule has 4 aromatic rings. The predicted octanol–water partition coefficient (Wildman–Crippen LogP) is 2.38. The first-order valence-corrected chi connectivity index (χ1v) is 40.6. The van der Waals surface area contributed by atoms with Crippen molar-refractivity contribution < 1.29 is 57.5 Å². The highest BCUT2D eigenvalue weighted by atomic mass is 32.2. The van der Waals surface area contributed by atoms with Gasteiger partial charge in [0, 0.05) is 82.1 Å². The van der Waals surface area contributed by atoms with Crippen molar-refractivity contribution in [1.82, 2.24) is 68.1 Å². The Morgan fingerprint density at radius 3 is 1.68 bits per heavy atom. The maximum absolute atomic E-state index is 15.5. The van der Waals surface area contributed by atoms with Crippen LogP contribution in [-0.2, 0) is 76.8 Å². The average Bonchev–Trinajstić information content (AvgIpc) is 1.73. The van der Waals surface area contributed by atoms with Gasteiger partial charge in [-0.15, -0.1) is 0 Å². The van der Waals surface area contributed by atoms with Crippen molar-refractivity contribution in [3.63, 3.8) is 0 Å². The Labute approximate surface area is 655 Å². The van der Waals surface area contributed by atoms with Crippen LogP contribution in [0.4, 0.5) is 0 Å². The molecular formula is C79H119N19O12S. The number of likely N-dealkylation sites (tertiary alicyclic amines) is 2.